The molecule has 3 N–H and O–H groups in total. The SMILES string of the molecule is NN=Cc1cccc(C(CC2=NCCN2)c2ccccn2)c1. The zero-order valence-electron chi connectivity index (χ0n) is 12.3. The number of benzene rings is 1. The van der Waals surface area contributed by atoms with Crippen LogP contribution in [0.3, 0.4) is 0 Å². The molecule has 0 spiro atoms. The summed E-state index contributed by atoms with van der Waals surface area (Å²) in [6.07, 6.45) is 4.31. The lowest BCUT2D eigenvalue weighted by Gasteiger charge is -2.17. The first kappa shape index (κ1) is 14.3. The van der Waals surface area contributed by atoms with E-state index in [-0.39, 0.29) is 5.92 Å². The van der Waals surface area contributed by atoms with Crippen molar-refractivity contribution in [1.29, 1.82) is 0 Å². The van der Waals surface area contributed by atoms with E-state index >= 15 is 0 Å². The van der Waals surface area contributed by atoms with Crippen LogP contribution in [-0.2, 0) is 0 Å². The van der Waals surface area contributed by atoms with Gasteiger partial charge in [-0.25, -0.2) is 0 Å². The number of aliphatic imine (C=N–C) groups is 1. The molecule has 0 fully saturated rings. The van der Waals surface area contributed by atoms with Gasteiger partial charge < -0.3 is 11.2 Å². The predicted octanol–water partition coefficient (Wildman–Crippen LogP) is 1.90. The number of nitrogens with one attached hydrogen (secondary N) is 1. The summed E-state index contributed by atoms with van der Waals surface area (Å²) in [5.41, 5.74) is 3.22. The number of nitrogens with zero attached hydrogens (tertiary/aromatic N) is 3. The molecule has 1 aliphatic rings. The zero-order chi connectivity index (χ0) is 15.2. The largest absolute Gasteiger partial charge is 0.372 e. The third-order valence-corrected chi connectivity index (χ3v) is 3.72. The van der Waals surface area contributed by atoms with E-state index < -0.39 is 0 Å². The molecule has 22 heavy (non-hydrogen) atoms. The van der Waals surface area contributed by atoms with Crippen LogP contribution in [0.15, 0.2) is 58.8 Å². The second kappa shape index (κ2) is 6.85. The fourth-order valence-electron chi connectivity index (χ4n) is 2.69. The normalized spacial score (nSPS) is 15.5. The molecule has 0 saturated carbocycles. The van der Waals surface area contributed by atoms with Crippen molar-refractivity contribution < 1.29 is 0 Å². The van der Waals surface area contributed by atoms with Gasteiger partial charge in [-0.3, -0.25) is 9.98 Å². The van der Waals surface area contributed by atoms with E-state index in [1.54, 1.807) is 6.21 Å². The Kier molecular flexibility index (Phi) is 4.44. The van der Waals surface area contributed by atoms with Crippen LogP contribution < -0.4 is 11.2 Å². The van der Waals surface area contributed by atoms with Gasteiger partial charge in [0.25, 0.3) is 0 Å². The minimum atomic E-state index is 0.164. The van der Waals surface area contributed by atoms with Crippen molar-refractivity contribution >= 4 is 12.1 Å². The molecular weight excluding hydrogens is 274 g/mol. The number of pyridine rings is 1. The van der Waals surface area contributed by atoms with Crippen LogP contribution in [-0.4, -0.2) is 30.1 Å². The maximum atomic E-state index is 5.26. The molecule has 1 unspecified atom stereocenters. The molecule has 5 nitrogen and oxygen atoms in total. The van der Waals surface area contributed by atoms with E-state index in [2.05, 4.69) is 38.6 Å². The standard InChI is InChI=1S/C17H19N5/c18-22-12-13-4-3-5-14(10-13)15(11-17-20-8-9-21-17)16-6-1-2-7-19-16/h1-7,10,12,15H,8-9,11,18H2,(H,20,21). The Morgan fingerprint density at radius 3 is 2.95 bits per heavy atom. The summed E-state index contributed by atoms with van der Waals surface area (Å²) in [5, 5.41) is 6.95. The lowest BCUT2D eigenvalue weighted by Crippen LogP contribution is -2.21. The summed E-state index contributed by atoms with van der Waals surface area (Å²) in [6.45, 7) is 1.77. The molecule has 2 heterocycles. The number of rotatable bonds is 5. The maximum absolute atomic E-state index is 5.26. The van der Waals surface area contributed by atoms with Gasteiger partial charge in [-0.15, -0.1) is 0 Å². The molecule has 5 heteroatoms. The van der Waals surface area contributed by atoms with Crippen LogP contribution >= 0.6 is 0 Å². The molecule has 1 atom stereocenters. The fourth-order valence-corrected chi connectivity index (χ4v) is 2.69. The Morgan fingerprint density at radius 2 is 2.23 bits per heavy atom. The number of nitrogens with two attached hydrogens (primary N) is 1. The molecule has 1 aromatic carbocycles. The van der Waals surface area contributed by atoms with E-state index in [9.17, 15) is 0 Å². The lowest BCUT2D eigenvalue weighted by molar-refractivity contribution is 0.800. The van der Waals surface area contributed by atoms with Gasteiger partial charge in [0, 0.05) is 30.8 Å². The molecule has 1 aromatic heterocycles. The van der Waals surface area contributed by atoms with Crippen molar-refractivity contribution in [2.45, 2.75) is 12.3 Å². The molecule has 0 amide bonds. The highest BCUT2D eigenvalue weighted by Crippen LogP contribution is 2.27. The van der Waals surface area contributed by atoms with Crippen LogP contribution in [0.2, 0.25) is 0 Å². The minimum absolute atomic E-state index is 0.164. The van der Waals surface area contributed by atoms with Crippen molar-refractivity contribution in [2.24, 2.45) is 15.9 Å². The summed E-state index contributed by atoms with van der Waals surface area (Å²) in [4.78, 5) is 9.05. The third-order valence-electron chi connectivity index (χ3n) is 3.72. The number of hydrogen-bond donors (Lipinski definition) is 2. The second-order valence-corrected chi connectivity index (χ2v) is 5.21. The minimum Gasteiger partial charge on any atom is -0.372 e. The maximum Gasteiger partial charge on any atom is 0.0974 e. The van der Waals surface area contributed by atoms with Crippen molar-refractivity contribution in [3.63, 3.8) is 0 Å². The quantitative estimate of drug-likeness (QED) is 0.502. The molecule has 0 saturated heterocycles. The van der Waals surface area contributed by atoms with Gasteiger partial charge in [0.05, 0.1) is 18.6 Å². The summed E-state index contributed by atoms with van der Waals surface area (Å²) >= 11 is 0. The number of aromatic nitrogens is 1. The van der Waals surface area contributed by atoms with E-state index in [4.69, 9.17) is 5.84 Å². The summed E-state index contributed by atoms with van der Waals surface area (Å²) < 4.78 is 0. The van der Waals surface area contributed by atoms with E-state index in [0.29, 0.717) is 0 Å². The Bertz CT molecular complexity index is 678. The van der Waals surface area contributed by atoms with Crippen LogP contribution in [0.25, 0.3) is 0 Å². The van der Waals surface area contributed by atoms with Gasteiger partial charge in [-0.2, -0.15) is 5.10 Å². The van der Waals surface area contributed by atoms with Crippen LogP contribution in [0, 0.1) is 0 Å². The first-order valence-electron chi connectivity index (χ1n) is 7.38. The van der Waals surface area contributed by atoms with Crippen molar-refractivity contribution in [1.82, 2.24) is 10.3 Å². The van der Waals surface area contributed by atoms with Gasteiger partial charge in [-0.1, -0.05) is 24.3 Å². The summed E-state index contributed by atoms with van der Waals surface area (Å²) in [5.74, 6) is 6.47. The zero-order valence-corrected chi connectivity index (χ0v) is 12.3. The van der Waals surface area contributed by atoms with Gasteiger partial charge in [0.15, 0.2) is 0 Å². The molecule has 0 bridgehead atoms. The van der Waals surface area contributed by atoms with Gasteiger partial charge >= 0.3 is 0 Å². The predicted molar refractivity (Wildman–Crippen MR) is 89.2 cm³/mol. The van der Waals surface area contributed by atoms with Crippen molar-refractivity contribution in [3.8, 4) is 0 Å². The number of hydrogen-bond acceptors (Lipinski definition) is 5. The smallest absolute Gasteiger partial charge is 0.0974 e. The summed E-state index contributed by atoms with van der Waals surface area (Å²) in [6, 6.07) is 14.2. The van der Waals surface area contributed by atoms with Crippen LogP contribution in [0.4, 0.5) is 0 Å². The first-order valence-corrected chi connectivity index (χ1v) is 7.38. The number of hydrazone groups is 1. The van der Waals surface area contributed by atoms with E-state index in [1.807, 2.05) is 30.5 Å². The van der Waals surface area contributed by atoms with E-state index in [0.717, 1.165) is 36.6 Å². The monoisotopic (exact) mass is 293 g/mol. The topological polar surface area (TPSA) is 75.7 Å². The first-order chi connectivity index (χ1) is 10.9. The van der Waals surface area contributed by atoms with Crippen molar-refractivity contribution in [3.05, 3.63) is 65.5 Å². The average molecular weight is 293 g/mol. The molecular formula is C17H19N5. The second-order valence-electron chi connectivity index (χ2n) is 5.21. The summed E-state index contributed by atoms with van der Waals surface area (Å²) in [7, 11) is 0. The number of amidine groups is 1. The Labute approximate surface area is 130 Å². The van der Waals surface area contributed by atoms with E-state index in [1.165, 1.54) is 5.56 Å². The Balaban J connectivity index is 1.95. The highest BCUT2D eigenvalue weighted by Gasteiger charge is 2.19. The van der Waals surface area contributed by atoms with Gasteiger partial charge in [0.2, 0.25) is 0 Å². The lowest BCUT2D eigenvalue weighted by atomic mass is 9.90. The third kappa shape index (κ3) is 3.31. The highest BCUT2D eigenvalue weighted by atomic mass is 15.1. The van der Waals surface area contributed by atoms with Crippen LogP contribution in [0.5, 0.6) is 0 Å². The van der Waals surface area contributed by atoms with Gasteiger partial charge in [-0.05, 0) is 29.3 Å². The highest BCUT2D eigenvalue weighted by molar-refractivity contribution is 5.85. The molecule has 112 valence electrons. The van der Waals surface area contributed by atoms with Gasteiger partial charge in [0.1, 0.15) is 0 Å². The molecule has 0 radical (unpaired) electrons. The molecule has 3 rings (SSSR count). The Hall–Kier alpha value is -2.69. The molecule has 0 aliphatic carbocycles. The fraction of sp³-hybridized carbons (Fsp3) is 0.235. The van der Waals surface area contributed by atoms with Crippen molar-refractivity contribution in [2.75, 3.05) is 13.1 Å². The Morgan fingerprint density at radius 1 is 1.27 bits per heavy atom. The molecule has 2 aromatic rings. The van der Waals surface area contributed by atoms with Crippen LogP contribution in [0.1, 0.15) is 29.2 Å². The average Bonchev–Trinajstić information content (AvgIpc) is 3.07. The molecule has 1 aliphatic heterocycles.